The minimum absolute atomic E-state index is 0.0882. The van der Waals surface area contributed by atoms with Gasteiger partial charge in [0.25, 0.3) is 11.1 Å². The monoisotopic (exact) mass is 477 g/mol. The average Bonchev–Trinajstić information content (AvgIpc) is 2.86. The van der Waals surface area contributed by atoms with E-state index in [9.17, 15) is 24.3 Å². The maximum Gasteiger partial charge on any atom is 0.333 e. The molecule has 12 heteroatoms. The van der Waals surface area contributed by atoms with Gasteiger partial charge in [-0.3, -0.25) is 33.3 Å². The van der Waals surface area contributed by atoms with Crippen molar-refractivity contribution in [2.24, 2.45) is 19.1 Å². The number of aliphatic imine (C=N–C) groups is 1. The van der Waals surface area contributed by atoms with E-state index in [-0.39, 0.29) is 22.8 Å². The molecule has 0 saturated heterocycles. The van der Waals surface area contributed by atoms with Gasteiger partial charge in [0.05, 0.1) is 16.7 Å². The van der Waals surface area contributed by atoms with Gasteiger partial charge in [-0.15, -0.1) is 0 Å². The highest BCUT2D eigenvalue weighted by atomic mass is 16.3. The second-order valence-electron chi connectivity index (χ2n) is 8.69. The van der Waals surface area contributed by atoms with E-state index in [0.717, 1.165) is 47.5 Å². The minimum atomic E-state index is -0.687. The van der Waals surface area contributed by atoms with Gasteiger partial charge < -0.3 is 5.11 Å². The zero-order valence-corrected chi connectivity index (χ0v) is 19.2. The van der Waals surface area contributed by atoms with Gasteiger partial charge in [0.15, 0.2) is 11.2 Å². The van der Waals surface area contributed by atoms with E-state index in [4.69, 9.17) is 0 Å². The van der Waals surface area contributed by atoms with Crippen LogP contribution in [0.5, 0.6) is 5.88 Å². The van der Waals surface area contributed by atoms with Gasteiger partial charge in [0.1, 0.15) is 5.56 Å². The summed E-state index contributed by atoms with van der Waals surface area (Å²) in [4.78, 5) is 65.8. The minimum Gasteiger partial charge on any atom is -0.494 e. The van der Waals surface area contributed by atoms with Crippen LogP contribution in [0, 0.1) is 0 Å². The summed E-state index contributed by atoms with van der Waals surface area (Å²) in [6, 6.07) is 4.68. The number of hydrogen-bond donors (Lipinski definition) is 2. The van der Waals surface area contributed by atoms with E-state index in [1.54, 1.807) is 18.2 Å². The van der Waals surface area contributed by atoms with Crippen LogP contribution in [0.2, 0.25) is 0 Å². The van der Waals surface area contributed by atoms with Gasteiger partial charge in [-0.2, -0.15) is 0 Å². The first-order chi connectivity index (χ1) is 16.8. The second-order valence-corrected chi connectivity index (χ2v) is 8.69. The molecule has 1 aliphatic carbocycles. The van der Waals surface area contributed by atoms with E-state index in [1.165, 1.54) is 18.7 Å². The molecular weight excluding hydrogens is 454 g/mol. The highest BCUT2D eigenvalue weighted by molar-refractivity contribution is 5.88. The summed E-state index contributed by atoms with van der Waals surface area (Å²) in [5, 5.41) is 10.2. The van der Waals surface area contributed by atoms with Crippen molar-refractivity contribution >= 4 is 34.1 Å². The molecule has 1 aliphatic rings. The molecule has 0 amide bonds. The van der Waals surface area contributed by atoms with Crippen LogP contribution in [0.15, 0.2) is 42.4 Å². The summed E-state index contributed by atoms with van der Waals surface area (Å²) in [6.07, 6.45) is 5.78. The summed E-state index contributed by atoms with van der Waals surface area (Å²) in [5.41, 5.74) is -1.05. The molecule has 0 aliphatic heterocycles. The quantitative estimate of drug-likeness (QED) is 0.329. The first-order valence-corrected chi connectivity index (χ1v) is 11.3. The molecular formula is C23H23N7O5. The molecule has 0 atom stereocenters. The number of nitrogens with zero attached hydrogens (tertiary/aromatic N) is 6. The summed E-state index contributed by atoms with van der Waals surface area (Å²) >= 11 is 0. The number of benzene rings is 1. The topological polar surface area (TPSA) is 157 Å². The van der Waals surface area contributed by atoms with Crippen LogP contribution >= 0.6 is 0 Å². The van der Waals surface area contributed by atoms with Crippen LogP contribution < -0.4 is 22.5 Å². The number of rotatable bonds is 3. The Morgan fingerprint density at radius 2 is 1.74 bits per heavy atom. The fraction of sp³-hybridized carbons (Fsp3) is 0.348. The molecule has 1 aromatic carbocycles. The zero-order valence-electron chi connectivity index (χ0n) is 19.2. The fourth-order valence-electron chi connectivity index (χ4n) is 4.51. The number of nitrogens with one attached hydrogen (secondary N) is 1. The molecule has 0 bridgehead atoms. The van der Waals surface area contributed by atoms with Crippen molar-refractivity contribution in [1.29, 1.82) is 0 Å². The van der Waals surface area contributed by atoms with E-state index in [2.05, 4.69) is 19.9 Å². The molecule has 35 heavy (non-hydrogen) atoms. The average molecular weight is 477 g/mol. The lowest BCUT2D eigenvalue weighted by Gasteiger charge is -2.22. The number of H-pyrrole nitrogens is 1. The number of aromatic hydroxyl groups is 1. The van der Waals surface area contributed by atoms with Crippen molar-refractivity contribution in [3.05, 3.63) is 65.4 Å². The maximum atomic E-state index is 13.1. The predicted molar refractivity (Wildman–Crippen MR) is 130 cm³/mol. The third kappa shape index (κ3) is 3.76. The zero-order chi connectivity index (χ0) is 24.9. The van der Waals surface area contributed by atoms with Crippen LogP contribution in [0.3, 0.4) is 0 Å². The van der Waals surface area contributed by atoms with Gasteiger partial charge in [0, 0.05) is 26.4 Å². The van der Waals surface area contributed by atoms with Gasteiger partial charge in [0.2, 0.25) is 5.88 Å². The van der Waals surface area contributed by atoms with Gasteiger partial charge in [-0.05, 0) is 31.0 Å². The van der Waals surface area contributed by atoms with Crippen LogP contribution in [0.1, 0.15) is 43.7 Å². The smallest absolute Gasteiger partial charge is 0.333 e. The largest absolute Gasteiger partial charge is 0.494 e. The van der Waals surface area contributed by atoms with Crippen LogP contribution in [-0.4, -0.2) is 40.0 Å². The summed E-state index contributed by atoms with van der Waals surface area (Å²) in [5.74, 6) is -0.500. The second kappa shape index (κ2) is 8.46. The first-order valence-electron chi connectivity index (χ1n) is 11.3. The molecule has 3 aromatic heterocycles. The lowest BCUT2D eigenvalue weighted by Crippen LogP contribution is -2.39. The fourth-order valence-corrected chi connectivity index (χ4v) is 4.51. The molecule has 180 valence electrons. The molecule has 5 rings (SSSR count). The normalized spacial score (nSPS) is 14.9. The van der Waals surface area contributed by atoms with Crippen molar-refractivity contribution in [2.45, 2.75) is 38.1 Å². The molecule has 0 radical (unpaired) electrons. The van der Waals surface area contributed by atoms with Crippen molar-refractivity contribution in [3.8, 4) is 5.88 Å². The SMILES string of the molecule is Cn1c(O)c(C=Nc2ccc3nc4c(=O)n(C5CCCCC5)c(=O)[nH]c4nc3c2)c(=O)n(C)c1=O. The Bertz CT molecular complexity index is 1750. The highest BCUT2D eigenvalue weighted by Gasteiger charge is 2.21. The van der Waals surface area contributed by atoms with Crippen molar-refractivity contribution in [1.82, 2.24) is 28.7 Å². The van der Waals surface area contributed by atoms with Crippen LogP contribution in [0.25, 0.3) is 22.2 Å². The van der Waals surface area contributed by atoms with Gasteiger partial charge >= 0.3 is 11.4 Å². The molecule has 1 saturated carbocycles. The molecule has 0 spiro atoms. The summed E-state index contributed by atoms with van der Waals surface area (Å²) < 4.78 is 3.08. The third-order valence-electron chi connectivity index (χ3n) is 6.46. The van der Waals surface area contributed by atoms with Crippen molar-refractivity contribution in [3.63, 3.8) is 0 Å². The molecule has 4 aromatic rings. The summed E-state index contributed by atoms with van der Waals surface area (Å²) in [6.45, 7) is 0. The Kier molecular flexibility index (Phi) is 5.42. The number of aromatic nitrogens is 6. The Morgan fingerprint density at radius 3 is 2.49 bits per heavy atom. The van der Waals surface area contributed by atoms with E-state index in [0.29, 0.717) is 16.7 Å². The van der Waals surface area contributed by atoms with Crippen molar-refractivity contribution in [2.75, 3.05) is 0 Å². The highest BCUT2D eigenvalue weighted by Crippen LogP contribution is 2.26. The molecule has 1 fully saturated rings. The molecule has 0 unspecified atom stereocenters. The van der Waals surface area contributed by atoms with E-state index in [1.807, 2.05) is 0 Å². The van der Waals surface area contributed by atoms with Gasteiger partial charge in [-0.1, -0.05) is 19.3 Å². The van der Waals surface area contributed by atoms with Crippen molar-refractivity contribution < 1.29 is 5.11 Å². The maximum absolute atomic E-state index is 13.1. The first kappa shape index (κ1) is 22.4. The van der Waals surface area contributed by atoms with Crippen LogP contribution in [0.4, 0.5) is 5.69 Å². The predicted octanol–water partition coefficient (Wildman–Crippen LogP) is 0.992. The lowest BCUT2D eigenvalue weighted by molar-refractivity contribution is 0.337. The Balaban J connectivity index is 1.58. The molecule has 3 heterocycles. The number of fused-ring (bicyclic) bond motifs is 2. The third-order valence-corrected chi connectivity index (χ3v) is 6.46. The molecule has 2 N–H and O–H groups in total. The Hall–Kier alpha value is -4.35. The standard InChI is InChI=1S/C23H23N7O5/c1-28-19(31)14(20(32)29(2)23(28)35)11-24-12-8-9-15-16(10-12)26-18-17(25-15)21(33)30(22(34)27-18)13-6-4-3-5-7-13/h8-11,13,31H,3-7H2,1-2H3,(H,26,27,34). The van der Waals surface area contributed by atoms with Gasteiger partial charge in [-0.25, -0.2) is 19.6 Å². The Labute approximate surface area is 196 Å². The van der Waals surface area contributed by atoms with Crippen LogP contribution in [-0.2, 0) is 14.1 Å². The number of hydrogen-bond acceptors (Lipinski definition) is 8. The molecule has 12 nitrogen and oxygen atoms in total. The summed E-state index contributed by atoms with van der Waals surface area (Å²) in [7, 11) is 2.65. The van der Waals surface area contributed by atoms with E-state index >= 15 is 0 Å². The van der Waals surface area contributed by atoms with E-state index < -0.39 is 28.4 Å². The number of aromatic amines is 1. The lowest BCUT2D eigenvalue weighted by atomic mass is 9.95. The Morgan fingerprint density at radius 1 is 1.00 bits per heavy atom.